The SMILES string of the molecule is O=P1(c2ccc(Br)cc2)CCN(Cc2ccccc2)CC1. The number of benzene rings is 2. The van der Waals surface area contributed by atoms with Gasteiger partial charge in [-0.05, 0) is 17.7 Å². The molecule has 110 valence electrons. The zero-order valence-electron chi connectivity index (χ0n) is 11.9. The molecule has 2 aromatic carbocycles. The lowest BCUT2D eigenvalue weighted by Gasteiger charge is -2.32. The normalized spacial score (nSPS) is 18.5. The fourth-order valence-corrected chi connectivity index (χ4v) is 5.71. The number of halogens is 1. The molecule has 4 heteroatoms. The molecule has 0 radical (unpaired) electrons. The highest BCUT2D eigenvalue weighted by Gasteiger charge is 2.30. The first-order chi connectivity index (χ1) is 10.2. The highest BCUT2D eigenvalue weighted by atomic mass is 79.9. The second-order valence-electron chi connectivity index (χ2n) is 5.57. The van der Waals surface area contributed by atoms with Gasteiger partial charge in [-0.3, -0.25) is 4.90 Å². The highest BCUT2D eigenvalue weighted by Crippen LogP contribution is 2.46. The summed E-state index contributed by atoms with van der Waals surface area (Å²) in [6, 6.07) is 18.5. The first-order valence-electron chi connectivity index (χ1n) is 7.26. The summed E-state index contributed by atoms with van der Waals surface area (Å²) in [5, 5.41) is 1.03. The number of nitrogens with zero attached hydrogens (tertiary/aromatic N) is 1. The molecule has 0 atom stereocenters. The van der Waals surface area contributed by atoms with E-state index in [2.05, 4.69) is 45.1 Å². The average Bonchev–Trinajstić information content (AvgIpc) is 2.51. The van der Waals surface area contributed by atoms with E-state index in [1.807, 2.05) is 30.3 Å². The summed E-state index contributed by atoms with van der Waals surface area (Å²) in [5.41, 5.74) is 1.33. The van der Waals surface area contributed by atoms with Gasteiger partial charge in [0.25, 0.3) is 0 Å². The molecule has 0 N–H and O–H groups in total. The quantitative estimate of drug-likeness (QED) is 0.769. The Kier molecular flexibility index (Phi) is 4.63. The topological polar surface area (TPSA) is 20.3 Å². The molecule has 0 aliphatic carbocycles. The molecule has 1 heterocycles. The van der Waals surface area contributed by atoms with Gasteiger partial charge in [0.05, 0.1) is 0 Å². The third-order valence-corrected chi connectivity index (χ3v) is 7.71. The largest absolute Gasteiger partial charge is 0.319 e. The van der Waals surface area contributed by atoms with Crippen LogP contribution in [-0.4, -0.2) is 30.3 Å². The molecule has 3 rings (SSSR count). The average molecular weight is 364 g/mol. The fraction of sp³-hybridized carbons (Fsp3) is 0.294. The number of hydrogen-bond acceptors (Lipinski definition) is 2. The molecule has 0 saturated carbocycles. The number of rotatable bonds is 3. The van der Waals surface area contributed by atoms with Crippen molar-refractivity contribution >= 4 is 28.4 Å². The van der Waals surface area contributed by atoms with Crippen LogP contribution >= 0.6 is 23.1 Å². The first-order valence-corrected chi connectivity index (χ1v) is 10.1. The molecule has 0 bridgehead atoms. The van der Waals surface area contributed by atoms with Crippen molar-refractivity contribution in [2.24, 2.45) is 0 Å². The van der Waals surface area contributed by atoms with E-state index in [1.54, 1.807) is 0 Å². The van der Waals surface area contributed by atoms with Crippen LogP contribution < -0.4 is 5.30 Å². The van der Waals surface area contributed by atoms with E-state index < -0.39 is 7.14 Å². The molecule has 0 spiro atoms. The Labute approximate surface area is 134 Å². The van der Waals surface area contributed by atoms with Crippen LogP contribution in [0.5, 0.6) is 0 Å². The van der Waals surface area contributed by atoms with Crippen molar-refractivity contribution in [2.75, 3.05) is 25.4 Å². The van der Waals surface area contributed by atoms with Crippen LogP contribution in [0, 0.1) is 0 Å². The van der Waals surface area contributed by atoms with Crippen LogP contribution in [0.3, 0.4) is 0 Å². The molecular formula is C17H19BrNOP. The lowest BCUT2D eigenvalue weighted by Crippen LogP contribution is -2.36. The summed E-state index contributed by atoms with van der Waals surface area (Å²) in [6.45, 7) is 2.80. The lowest BCUT2D eigenvalue weighted by molar-refractivity contribution is 0.288. The molecule has 1 saturated heterocycles. The lowest BCUT2D eigenvalue weighted by atomic mass is 10.2. The van der Waals surface area contributed by atoms with E-state index in [-0.39, 0.29) is 0 Å². The minimum Gasteiger partial charge on any atom is -0.319 e. The molecule has 0 amide bonds. The van der Waals surface area contributed by atoms with Crippen LogP contribution in [0.2, 0.25) is 0 Å². The van der Waals surface area contributed by atoms with Gasteiger partial charge in [0.15, 0.2) is 0 Å². The summed E-state index contributed by atoms with van der Waals surface area (Å²) in [6.07, 6.45) is 1.59. The Hall–Kier alpha value is -0.890. The summed E-state index contributed by atoms with van der Waals surface area (Å²) < 4.78 is 14.1. The maximum absolute atomic E-state index is 13.1. The van der Waals surface area contributed by atoms with Gasteiger partial charge >= 0.3 is 0 Å². The molecule has 1 aliphatic rings. The summed E-state index contributed by atoms with van der Waals surface area (Å²) in [5.74, 6) is 0. The van der Waals surface area contributed by atoms with E-state index in [4.69, 9.17) is 0 Å². The molecule has 1 aliphatic heterocycles. The number of hydrogen-bond donors (Lipinski definition) is 0. The zero-order valence-corrected chi connectivity index (χ0v) is 14.4. The highest BCUT2D eigenvalue weighted by molar-refractivity contribution is 9.10. The Bertz CT molecular complexity index is 630. The Morgan fingerprint density at radius 1 is 0.952 bits per heavy atom. The monoisotopic (exact) mass is 363 g/mol. The second kappa shape index (κ2) is 6.48. The molecule has 1 fully saturated rings. The van der Waals surface area contributed by atoms with Crippen molar-refractivity contribution in [3.63, 3.8) is 0 Å². The van der Waals surface area contributed by atoms with Gasteiger partial charge in [0.2, 0.25) is 0 Å². The van der Waals surface area contributed by atoms with Gasteiger partial charge < -0.3 is 4.57 Å². The summed E-state index contributed by atoms with van der Waals surface area (Å²) in [7, 11) is -2.19. The van der Waals surface area contributed by atoms with E-state index in [0.717, 1.165) is 41.7 Å². The molecular weight excluding hydrogens is 345 g/mol. The van der Waals surface area contributed by atoms with Crippen molar-refractivity contribution < 1.29 is 4.57 Å². The van der Waals surface area contributed by atoms with Gasteiger partial charge in [-0.25, -0.2) is 0 Å². The minimum atomic E-state index is -2.19. The van der Waals surface area contributed by atoms with Gasteiger partial charge in [-0.1, -0.05) is 58.4 Å². The second-order valence-corrected chi connectivity index (χ2v) is 9.68. The van der Waals surface area contributed by atoms with Crippen molar-refractivity contribution in [1.29, 1.82) is 0 Å². The van der Waals surface area contributed by atoms with Crippen molar-refractivity contribution in [3.8, 4) is 0 Å². The fourth-order valence-electron chi connectivity index (χ4n) is 2.80. The van der Waals surface area contributed by atoms with E-state index in [0.29, 0.717) is 0 Å². The van der Waals surface area contributed by atoms with Crippen LogP contribution in [0.25, 0.3) is 0 Å². The van der Waals surface area contributed by atoms with Crippen LogP contribution in [0.15, 0.2) is 59.1 Å². The Morgan fingerprint density at radius 2 is 1.57 bits per heavy atom. The minimum absolute atomic E-state index is 0.793. The third-order valence-electron chi connectivity index (χ3n) is 4.10. The molecule has 21 heavy (non-hydrogen) atoms. The van der Waals surface area contributed by atoms with Crippen LogP contribution in [-0.2, 0) is 11.1 Å². The Balaban J connectivity index is 1.64. The maximum Gasteiger partial charge on any atom is 0.118 e. The van der Waals surface area contributed by atoms with Gasteiger partial charge in [0, 0.05) is 41.7 Å². The summed E-state index contributed by atoms with van der Waals surface area (Å²) >= 11 is 3.44. The predicted molar refractivity (Wildman–Crippen MR) is 92.8 cm³/mol. The molecule has 0 unspecified atom stereocenters. The molecule has 2 aromatic rings. The van der Waals surface area contributed by atoms with Gasteiger partial charge in [0.1, 0.15) is 7.14 Å². The van der Waals surface area contributed by atoms with Crippen molar-refractivity contribution in [1.82, 2.24) is 4.90 Å². The predicted octanol–water partition coefficient (Wildman–Crippen LogP) is 3.95. The smallest absolute Gasteiger partial charge is 0.118 e. The summed E-state index contributed by atoms with van der Waals surface area (Å²) in [4.78, 5) is 2.41. The van der Waals surface area contributed by atoms with E-state index in [1.165, 1.54) is 5.56 Å². The zero-order chi connectivity index (χ0) is 14.7. The third kappa shape index (κ3) is 3.66. The van der Waals surface area contributed by atoms with Crippen molar-refractivity contribution in [2.45, 2.75) is 6.54 Å². The van der Waals surface area contributed by atoms with Crippen LogP contribution in [0.1, 0.15) is 5.56 Å². The first kappa shape index (κ1) is 15.0. The van der Waals surface area contributed by atoms with Crippen molar-refractivity contribution in [3.05, 3.63) is 64.6 Å². The van der Waals surface area contributed by atoms with E-state index in [9.17, 15) is 4.57 Å². The maximum atomic E-state index is 13.1. The van der Waals surface area contributed by atoms with Crippen LogP contribution in [0.4, 0.5) is 0 Å². The molecule has 2 nitrogen and oxygen atoms in total. The standard InChI is InChI=1S/C17H19BrNOP/c18-16-6-8-17(9-7-16)21(20)12-10-19(11-13-21)14-15-4-2-1-3-5-15/h1-9H,10-14H2. The van der Waals surface area contributed by atoms with Gasteiger partial charge in [-0.15, -0.1) is 0 Å². The Morgan fingerprint density at radius 3 is 2.19 bits per heavy atom. The molecule has 0 aromatic heterocycles. The van der Waals surface area contributed by atoms with Gasteiger partial charge in [-0.2, -0.15) is 0 Å². The van der Waals surface area contributed by atoms with E-state index >= 15 is 0 Å².